The van der Waals surface area contributed by atoms with Gasteiger partial charge in [-0.2, -0.15) is 4.98 Å². The van der Waals surface area contributed by atoms with Crippen molar-refractivity contribution in [3.8, 4) is 0 Å². The van der Waals surface area contributed by atoms with Gasteiger partial charge in [0, 0.05) is 13.0 Å². The molecule has 1 heterocycles. The number of hydrogen-bond donors (Lipinski definition) is 1. The summed E-state index contributed by atoms with van der Waals surface area (Å²) in [4.78, 5) is 4.26. The first-order valence-electron chi connectivity index (χ1n) is 5.29. The van der Waals surface area contributed by atoms with Gasteiger partial charge in [-0.05, 0) is 12.8 Å². The van der Waals surface area contributed by atoms with Gasteiger partial charge in [-0.15, -0.1) is 0 Å². The molecule has 1 saturated carbocycles. The van der Waals surface area contributed by atoms with Crippen molar-refractivity contribution >= 4 is 0 Å². The monoisotopic (exact) mass is 212 g/mol. The molecule has 0 radical (unpaired) electrons. The second-order valence-corrected chi connectivity index (χ2v) is 3.99. The molecular weight excluding hydrogens is 196 g/mol. The topological polar surface area (TPSA) is 68.4 Å². The molecule has 1 N–H and O–H groups in total. The Morgan fingerprint density at radius 2 is 2.40 bits per heavy atom. The van der Waals surface area contributed by atoms with E-state index in [2.05, 4.69) is 10.1 Å². The van der Waals surface area contributed by atoms with Gasteiger partial charge in [-0.25, -0.2) is 0 Å². The first-order chi connectivity index (χ1) is 7.29. The van der Waals surface area contributed by atoms with E-state index in [1.807, 2.05) is 0 Å². The molecule has 1 aromatic heterocycles. The number of methoxy groups -OCH3 is 1. The Hall–Kier alpha value is -0.940. The molecular formula is C10H16N2O3. The van der Waals surface area contributed by atoms with Crippen LogP contribution < -0.4 is 0 Å². The smallest absolute Gasteiger partial charge is 0.229 e. The Kier molecular flexibility index (Phi) is 3.33. The van der Waals surface area contributed by atoms with Crippen LogP contribution in [0.5, 0.6) is 0 Å². The minimum absolute atomic E-state index is 0.293. The zero-order chi connectivity index (χ0) is 10.7. The fourth-order valence-corrected chi connectivity index (χ4v) is 1.64. The van der Waals surface area contributed by atoms with Crippen LogP contribution in [0, 0.1) is 0 Å². The van der Waals surface area contributed by atoms with Crippen LogP contribution in [0.3, 0.4) is 0 Å². The maximum atomic E-state index is 9.47. The van der Waals surface area contributed by atoms with Crippen molar-refractivity contribution in [1.29, 1.82) is 0 Å². The molecule has 0 amide bonds. The molecule has 1 aliphatic rings. The van der Waals surface area contributed by atoms with E-state index in [0.717, 1.165) is 18.7 Å². The van der Waals surface area contributed by atoms with Gasteiger partial charge in [0.15, 0.2) is 5.82 Å². The number of rotatable bonds is 5. The van der Waals surface area contributed by atoms with Crippen LogP contribution in [0.2, 0.25) is 0 Å². The second kappa shape index (κ2) is 4.72. The van der Waals surface area contributed by atoms with Gasteiger partial charge in [0.05, 0.1) is 19.1 Å². The highest BCUT2D eigenvalue weighted by Crippen LogP contribution is 2.34. The van der Waals surface area contributed by atoms with Crippen molar-refractivity contribution in [2.24, 2.45) is 0 Å². The first kappa shape index (κ1) is 10.6. The Morgan fingerprint density at radius 3 is 3.00 bits per heavy atom. The number of ether oxygens (including phenoxy) is 1. The van der Waals surface area contributed by atoms with Gasteiger partial charge < -0.3 is 14.4 Å². The molecule has 5 heteroatoms. The van der Waals surface area contributed by atoms with Gasteiger partial charge in [0.2, 0.25) is 5.89 Å². The Bertz CT molecular complexity index is 309. The fourth-order valence-electron chi connectivity index (χ4n) is 1.64. The zero-order valence-electron chi connectivity index (χ0n) is 8.85. The van der Waals surface area contributed by atoms with Crippen LogP contribution in [0.1, 0.15) is 36.9 Å². The van der Waals surface area contributed by atoms with E-state index in [-0.39, 0.29) is 0 Å². The Balaban J connectivity index is 1.88. The SMILES string of the molecule is COCC(O)Cc1nc(C2CCC2)no1. The molecule has 5 nitrogen and oxygen atoms in total. The lowest BCUT2D eigenvalue weighted by molar-refractivity contribution is 0.0599. The van der Waals surface area contributed by atoms with Crippen molar-refractivity contribution in [2.45, 2.75) is 37.7 Å². The quantitative estimate of drug-likeness (QED) is 0.784. The molecule has 15 heavy (non-hydrogen) atoms. The lowest BCUT2D eigenvalue weighted by atomic mass is 9.85. The van der Waals surface area contributed by atoms with Gasteiger partial charge in [0.25, 0.3) is 0 Å². The number of nitrogens with zero attached hydrogens (tertiary/aromatic N) is 2. The van der Waals surface area contributed by atoms with Gasteiger partial charge in [-0.1, -0.05) is 11.6 Å². The third-order valence-corrected chi connectivity index (χ3v) is 2.72. The van der Waals surface area contributed by atoms with Crippen molar-refractivity contribution in [1.82, 2.24) is 10.1 Å². The standard InChI is InChI=1S/C10H16N2O3/c1-14-6-8(13)5-9-11-10(12-15-9)7-3-2-4-7/h7-8,13H,2-6H2,1H3. The van der Waals surface area contributed by atoms with E-state index < -0.39 is 6.10 Å². The average molecular weight is 212 g/mol. The molecule has 0 bridgehead atoms. The summed E-state index contributed by atoms with van der Waals surface area (Å²) in [5.41, 5.74) is 0. The lowest BCUT2D eigenvalue weighted by Crippen LogP contribution is -2.17. The largest absolute Gasteiger partial charge is 0.390 e. The summed E-state index contributed by atoms with van der Waals surface area (Å²) < 4.78 is 9.88. The molecule has 1 aromatic rings. The van der Waals surface area contributed by atoms with Crippen LogP contribution in [-0.4, -0.2) is 35.1 Å². The van der Waals surface area contributed by atoms with Crippen molar-refractivity contribution < 1.29 is 14.4 Å². The van der Waals surface area contributed by atoms with E-state index in [1.54, 1.807) is 7.11 Å². The molecule has 1 unspecified atom stereocenters. The summed E-state index contributed by atoms with van der Waals surface area (Å²) in [6.07, 6.45) is 3.36. The third-order valence-electron chi connectivity index (χ3n) is 2.72. The van der Waals surface area contributed by atoms with Crippen molar-refractivity contribution in [3.63, 3.8) is 0 Å². The second-order valence-electron chi connectivity index (χ2n) is 3.99. The van der Waals surface area contributed by atoms with E-state index in [9.17, 15) is 5.11 Å². The van der Waals surface area contributed by atoms with E-state index in [0.29, 0.717) is 24.8 Å². The van der Waals surface area contributed by atoms with Gasteiger partial charge in [0.1, 0.15) is 0 Å². The molecule has 2 rings (SSSR count). The van der Waals surface area contributed by atoms with E-state index in [4.69, 9.17) is 9.26 Å². The zero-order valence-corrected chi connectivity index (χ0v) is 8.85. The van der Waals surface area contributed by atoms with Crippen LogP contribution in [0.25, 0.3) is 0 Å². The summed E-state index contributed by atoms with van der Waals surface area (Å²) in [5, 5.41) is 13.4. The summed E-state index contributed by atoms with van der Waals surface area (Å²) >= 11 is 0. The van der Waals surface area contributed by atoms with Crippen LogP contribution in [0.15, 0.2) is 4.52 Å². The van der Waals surface area contributed by atoms with E-state index >= 15 is 0 Å². The Morgan fingerprint density at radius 1 is 1.60 bits per heavy atom. The summed E-state index contributed by atoms with van der Waals surface area (Å²) in [6, 6.07) is 0. The lowest BCUT2D eigenvalue weighted by Gasteiger charge is -2.20. The minimum Gasteiger partial charge on any atom is -0.390 e. The first-order valence-corrected chi connectivity index (χ1v) is 5.29. The molecule has 0 aromatic carbocycles. The van der Waals surface area contributed by atoms with Crippen LogP contribution in [0.4, 0.5) is 0 Å². The van der Waals surface area contributed by atoms with Crippen molar-refractivity contribution in [2.75, 3.05) is 13.7 Å². The van der Waals surface area contributed by atoms with Crippen LogP contribution in [-0.2, 0) is 11.2 Å². The predicted molar refractivity (Wildman–Crippen MR) is 52.5 cm³/mol. The predicted octanol–water partition coefficient (Wildman–Crippen LogP) is 0.887. The normalized spacial score (nSPS) is 18.8. The molecule has 0 saturated heterocycles. The van der Waals surface area contributed by atoms with E-state index in [1.165, 1.54) is 6.42 Å². The van der Waals surface area contributed by atoms with Gasteiger partial charge >= 0.3 is 0 Å². The summed E-state index contributed by atoms with van der Waals surface area (Å²) in [5.74, 6) is 1.77. The fraction of sp³-hybridized carbons (Fsp3) is 0.800. The summed E-state index contributed by atoms with van der Waals surface area (Å²) in [7, 11) is 1.55. The number of hydrogen-bond acceptors (Lipinski definition) is 5. The maximum absolute atomic E-state index is 9.47. The highest BCUT2D eigenvalue weighted by atomic mass is 16.5. The number of aliphatic hydroxyl groups is 1. The maximum Gasteiger partial charge on any atom is 0.229 e. The molecule has 0 aliphatic heterocycles. The van der Waals surface area contributed by atoms with Crippen LogP contribution >= 0.6 is 0 Å². The highest BCUT2D eigenvalue weighted by Gasteiger charge is 2.25. The average Bonchev–Trinajstić information content (AvgIpc) is 2.50. The molecule has 84 valence electrons. The molecule has 1 aliphatic carbocycles. The van der Waals surface area contributed by atoms with Crippen molar-refractivity contribution in [3.05, 3.63) is 11.7 Å². The van der Waals surface area contributed by atoms with Gasteiger partial charge in [-0.3, -0.25) is 0 Å². The number of aliphatic hydroxyl groups excluding tert-OH is 1. The molecule has 0 spiro atoms. The minimum atomic E-state index is -0.565. The third kappa shape index (κ3) is 2.54. The molecule has 1 atom stereocenters. The number of aromatic nitrogens is 2. The Labute approximate surface area is 88.4 Å². The molecule has 1 fully saturated rings. The highest BCUT2D eigenvalue weighted by molar-refractivity contribution is 5.00. The summed E-state index contributed by atoms with van der Waals surface area (Å²) in [6.45, 7) is 0.293.